The van der Waals surface area contributed by atoms with E-state index >= 15 is 0 Å². The molecule has 0 spiro atoms. The molecular weight excluding hydrogens is 252 g/mol. The van der Waals surface area contributed by atoms with E-state index in [1.807, 2.05) is 0 Å². The first-order valence-corrected chi connectivity index (χ1v) is 7.01. The van der Waals surface area contributed by atoms with Crippen molar-refractivity contribution in [2.24, 2.45) is 5.41 Å². The second-order valence-corrected chi connectivity index (χ2v) is 6.76. The molecular formula is C12H18N2O3S. The zero-order valence-corrected chi connectivity index (χ0v) is 11.8. The summed E-state index contributed by atoms with van der Waals surface area (Å²) < 4.78 is 25.8. The Bertz CT molecular complexity index is 545. The first kappa shape index (κ1) is 14.7. The maximum absolute atomic E-state index is 11.9. The number of carbonyl (C=O) groups is 1. The third-order valence-corrected chi connectivity index (χ3v) is 3.85. The van der Waals surface area contributed by atoms with Crippen LogP contribution in [0.1, 0.15) is 20.8 Å². The van der Waals surface area contributed by atoms with Crippen LogP contribution in [-0.2, 0) is 14.8 Å². The fourth-order valence-electron chi connectivity index (χ4n) is 1.22. The average Bonchev–Trinajstić information content (AvgIpc) is 2.28. The molecule has 0 saturated carbocycles. The van der Waals surface area contributed by atoms with Gasteiger partial charge in [0.25, 0.3) is 0 Å². The standard InChI is InChI=1S/C12H18N2O3S/c1-12(2,3)11(15)14-9-7-5-6-8-10(9)18(16,17)13-4/h5-8,13H,1-4H3,(H,14,15). The fraction of sp³-hybridized carbons (Fsp3) is 0.417. The van der Waals surface area contributed by atoms with Crippen molar-refractivity contribution in [2.75, 3.05) is 12.4 Å². The SMILES string of the molecule is CNS(=O)(=O)c1ccccc1NC(=O)C(C)(C)C. The Balaban J connectivity index is 3.16. The topological polar surface area (TPSA) is 75.3 Å². The normalized spacial score (nSPS) is 12.2. The van der Waals surface area contributed by atoms with Crippen LogP contribution in [0.4, 0.5) is 5.69 Å². The first-order chi connectivity index (χ1) is 8.18. The molecule has 6 heteroatoms. The van der Waals surface area contributed by atoms with E-state index in [-0.39, 0.29) is 16.5 Å². The van der Waals surface area contributed by atoms with Crippen molar-refractivity contribution >= 4 is 21.6 Å². The largest absolute Gasteiger partial charge is 0.324 e. The van der Waals surface area contributed by atoms with E-state index in [1.54, 1.807) is 39.0 Å². The van der Waals surface area contributed by atoms with Gasteiger partial charge in [0.15, 0.2) is 0 Å². The molecule has 100 valence electrons. The molecule has 5 nitrogen and oxygen atoms in total. The summed E-state index contributed by atoms with van der Waals surface area (Å²) in [4.78, 5) is 11.9. The number of anilines is 1. The van der Waals surface area contributed by atoms with Gasteiger partial charge in [0, 0.05) is 5.41 Å². The van der Waals surface area contributed by atoms with Gasteiger partial charge < -0.3 is 5.32 Å². The van der Waals surface area contributed by atoms with Crippen LogP contribution in [0.5, 0.6) is 0 Å². The molecule has 0 atom stereocenters. The second-order valence-electron chi connectivity index (χ2n) is 4.91. The number of hydrogen-bond donors (Lipinski definition) is 2. The molecule has 0 heterocycles. The first-order valence-electron chi connectivity index (χ1n) is 5.52. The van der Waals surface area contributed by atoms with Gasteiger partial charge >= 0.3 is 0 Å². The summed E-state index contributed by atoms with van der Waals surface area (Å²) in [6.07, 6.45) is 0. The van der Waals surface area contributed by atoms with Crippen molar-refractivity contribution in [3.63, 3.8) is 0 Å². The van der Waals surface area contributed by atoms with Gasteiger partial charge in [-0.2, -0.15) is 0 Å². The van der Waals surface area contributed by atoms with Gasteiger partial charge in [-0.05, 0) is 19.2 Å². The van der Waals surface area contributed by atoms with Crippen molar-refractivity contribution in [3.05, 3.63) is 24.3 Å². The predicted molar refractivity (Wildman–Crippen MR) is 70.8 cm³/mol. The summed E-state index contributed by atoms with van der Waals surface area (Å²) >= 11 is 0. The zero-order chi connectivity index (χ0) is 14.0. The lowest BCUT2D eigenvalue weighted by molar-refractivity contribution is -0.123. The average molecular weight is 270 g/mol. The highest BCUT2D eigenvalue weighted by molar-refractivity contribution is 7.89. The van der Waals surface area contributed by atoms with Crippen LogP contribution in [0.25, 0.3) is 0 Å². The van der Waals surface area contributed by atoms with Gasteiger partial charge in [0.05, 0.1) is 5.69 Å². The van der Waals surface area contributed by atoms with Crippen LogP contribution in [-0.4, -0.2) is 21.4 Å². The van der Waals surface area contributed by atoms with E-state index in [9.17, 15) is 13.2 Å². The summed E-state index contributed by atoms with van der Waals surface area (Å²) in [6, 6.07) is 6.29. The quantitative estimate of drug-likeness (QED) is 0.875. The number of hydrogen-bond acceptors (Lipinski definition) is 3. The van der Waals surface area contributed by atoms with Crippen molar-refractivity contribution in [3.8, 4) is 0 Å². The number of rotatable bonds is 3. The van der Waals surface area contributed by atoms with Crippen LogP contribution < -0.4 is 10.0 Å². The Morgan fingerprint density at radius 1 is 1.17 bits per heavy atom. The maximum atomic E-state index is 11.9. The van der Waals surface area contributed by atoms with E-state index in [4.69, 9.17) is 0 Å². The highest BCUT2D eigenvalue weighted by Crippen LogP contribution is 2.23. The fourth-order valence-corrected chi connectivity index (χ4v) is 2.11. The highest BCUT2D eigenvalue weighted by Gasteiger charge is 2.24. The van der Waals surface area contributed by atoms with Gasteiger partial charge in [-0.3, -0.25) is 4.79 Å². The Morgan fingerprint density at radius 2 is 1.72 bits per heavy atom. The molecule has 1 aromatic rings. The van der Waals surface area contributed by atoms with Gasteiger partial charge in [0.1, 0.15) is 4.90 Å². The van der Waals surface area contributed by atoms with Crippen LogP contribution in [0.3, 0.4) is 0 Å². The van der Waals surface area contributed by atoms with Crippen LogP contribution in [0.2, 0.25) is 0 Å². The molecule has 1 aromatic carbocycles. The smallest absolute Gasteiger partial charge is 0.242 e. The summed E-state index contributed by atoms with van der Waals surface area (Å²) in [7, 11) is -2.25. The molecule has 2 N–H and O–H groups in total. The molecule has 0 aliphatic carbocycles. The maximum Gasteiger partial charge on any atom is 0.242 e. The number of sulfonamides is 1. The number of amides is 1. The van der Waals surface area contributed by atoms with Gasteiger partial charge in [-0.25, -0.2) is 13.1 Å². The summed E-state index contributed by atoms with van der Waals surface area (Å²) in [6.45, 7) is 5.28. The lowest BCUT2D eigenvalue weighted by Gasteiger charge is -2.19. The minimum atomic E-state index is -3.58. The minimum absolute atomic E-state index is 0.0603. The molecule has 0 fully saturated rings. The highest BCUT2D eigenvalue weighted by atomic mass is 32.2. The molecule has 18 heavy (non-hydrogen) atoms. The Hall–Kier alpha value is -1.40. The zero-order valence-electron chi connectivity index (χ0n) is 10.9. The van der Waals surface area contributed by atoms with E-state index in [0.717, 1.165) is 0 Å². The molecule has 0 radical (unpaired) electrons. The molecule has 0 aliphatic heterocycles. The Morgan fingerprint density at radius 3 is 2.22 bits per heavy atom. The van der Waals surface area contributed by atoms with Crippen LogP contribution in [0, 0.1) is 5.41 Å². The third-order valence-electron chi connectivity index (χ3n) is 2.37. The second kappa shape index (κ2) is 5.07. The molecule has 0 unspecified atom stereocenters. The minimum Gasteiger partial charge on any atom is -0.324 e. The van der Waals surface area contributed by atoms with Crippen molar-refractivity contribution in [2.45, 2.75) is 25.7 Å². The van der Waals surface area contributed by atoms with E-state index < -0.39 is 15.4 Å². The number of carbonyl (C=O) groups excluding carboxylic acids is 1. The molecule has 0 bridgehead atoms. The van der Waals surface area contributed by atoms with E-state index in [0.29, 0.717) is 0 Å². The molecule has 0 aromatic heterocycles. The van der Waals surface area contributed by atoms with Gasteiger partial charge in [-0.15, -0.1) is 0 Å². The number of nitrogens with one attached hydrogen (secondary N) is 2. The molecule has 0 aliphatic rings. The lowest BCUT2D eigenvalue weighted by atomic mass is 9.95. The Kier molecular flexibility index (Phi) is 4.13. The van der Waals surface area contributed by atoms with E-state index in [1.165, 1.54) is 13.1 Å². The number of para-hydroxylation sites is 1. The number of benzene rings is 1. The molecule has 1 rings (SSSR count). The van der Waals surface area contributed by atoms with Crippen molar-refractivity contribution in [1.29, 1.82) is 0 Å². The van der Waals surface area contributed by atoms with Crippen molar-refractivity contribution < 1.29 is 13.2 Å². The summed E-state index contributed by atoms with van der Waals surface area (Å²) in [5.41, 5.74) is -0.303. The van der Waals surface area contributed by atoms with Crippen LogP contribution >= 0.6 is 0 Å². The predicted octanol–water partition coefficient (Wildman–Crippen LogP) is 1.58. The van der Waals surface area contributed by atoms with Crippen LogP contribution in [0.15, 0.2) is 29.2 Å². The summed E-state index contributed by atoms with van der Waals surface area (Å²) in [5, 5.41) is 2.63. The Labute approximate surface area is 108 Å². The summed E-state index contributed by atoms with van der Waals surface area (Å²) in [5.74, 6) is -0.235. The van der Waals surface area contributed by atoms with Gasteiger partial charge in [0.2, 0.25) is 15.9 Å². The van der Waals surface area contributed by atoms with Gasteiger partial charge in [-0.1, -0.05) is 32.9 Å². The van der Waals surface area contributed by atoms with E-state index in [2.05, 4.69) is 10.0 Å². The molecule has 0 saturated heterocycles. The third kappa shape index (κ3) is 3.30. The lowest BCUT2D eigenvalue weighted by Crippen LogP contribution is -2.29. The van der Waals surface area contributed by atoms with Crippen molar-refractivity contribution in [1.82, 2.24) is 4.72 Å². The monoisotopic (exact) mass is 270 g/mol. The molecule has 1 amide bonds.